The SMILES string of the molecule is CNCCP(=O)(O)CCNC. The normalized spacial score (nSPS) is 11.9. The topological polar surface area (TPSA) is 61.4 Å². The summed E-state index contributed by atoms with van der Waals surface area (Å²) in [5.74, 6) is 0. The summed E-state index contributed by atoms with van der Waals surface area (Å²) in [6, 6.07) is 0. The first-order chi connectivity index (χ1) is 5.12. The van der Waals surface area contributed by atoms with Crippen LogP contribution in [0.15, 0.2) is 0 Å². The summed E-state index contributed by atoms with van der Waals surface area (Å²) >= 11 is 0. The zero-order valence-electron chi connectivity index (χ0n) is 7.13. The maximum Gasteiger partial charge on any atom is 0.203 e. The molecule has 0 aliphatic heterocycles. The minimum absolute atomic E-state index is 0.366. The average Bonchev–Trinajstić information content (AvgIpc) is 1.97. The van der Waals surface area contributed by atoms with Gasteiger partial charge in [0.25, 0.3) is 0 Å². The highest BCUT2D eigenvalue weighted by molar-refractivity contribution is 7.58. The second-order valence-electron chi connectivity index (χ2n) is 2.50. The van der Waals surface area contributed by atoms with E-state index < -0.39 is 7.37 Å². The van der Waals surface area contributed by atoms with Crippen LogP contribution in [0.3, 0.4) is 0 Å². The van der Waals surface area contributed by atoms with Gasteiger partial charge in [-0.05, 0) is 14.1 Å². The second kappa shape index (κ2) is 5.72. The lowest BCUT2D eigenvalue weighted by molar-refractivity contribution is 0.475. The molecule has 0 fully saturated rings. The molecule has 0 spiro atoms. The molecule has 68 valence electrons. The molecule has 0 saturated heterocycles. The van der Waals surface area contributed by atoms with Crippen LogP contribution in [0.2, 0.25) is 0 Å². The molecule has 0 radical (unpaired) electrons. The standard InChI is InChI=1S/C6H17N2O2P/c1-7-3-5-11(9,10)6-4-8-2/h7-8H,3-6H2,1-2H3,(H,9,10). The molecule has 0 aromatic heterocycles. The van der Waals surface area contributed by atoms with Crippen LogP contribution in [0.1, 0.15) is 0 Å². The molecular weight excluding hydrogens is 163 g/mol. The Kier molecular flexibility index (Phi) is 5.78. The zero-order valence-corrected chi connectivity index (χ0v) is 8.03. The van der Waals surface area contributed by atoms with Crippen LogP contribution in [-0.2, 0) is 4.57 Å². The van der Waals surface area contributed by atoms with E-state index in [0.717, 1.165) is 0 Å². The van der Waals surface area contributed by atoms with Crippen molar-refractivity contribution in [2.24, 2.45) is 0 Å². The summed E-state index contributed by atoms with van der Waals surface area (Å²) in [5.41, 5.74) is 0. The lowest BCUT2D eigenvalue weighted by Gasteiger charge is -2.09. The van der Waals surface area contributed by atoms with Crippen molar-refractivity contribution in [2.75, 3.05) is 39.5 Å². The molecule has 0 aliphatic rings. The Labute approximate surface area is 67.8 Å². The average molecular weight is 180 g/mol. The molecule has 11 heavy (non-hydrogen) atoms. The van der Waals surface area contributed by atoms with Crippen molar-refractivity contribution in [1.29, 1.82) is 0 Å². The van der Waals surface area contributed by atoms with Gasteiger partial charge in [0.1, 0.15) is 0 Å². The molecule has 0 aromatic rings. The van der Waals surface area contributed by atoms with Crippen LogP contribution in [0.5, 0.6) is 0 Å². The molecule has 3 N–H and O–H groups in total. The van der Waals surface area contributed by atoms with Crippen LogP contribution >= 0.6 is 7.37 Å². The monoisotopic (exact) mass is 180 g/mol. The Morgan fingerprint density at radius 2 is 1.55 bits per heavy atom. The van der Waals surface area contributed by atoms with Gasteiger partial charge in [-0.1, -0.05) is 0 Å². The van der Waals surface area contributed by atoms with E-state index in [1.54, 1.807) is 14.1 Å². The van der Waals surface area contributed by atoms with Gasteiger partial charge in [-0.25, -0.2) is 0 Å². The predicted octanol–water partition coefficient (Wildman–Crippen LogP) is -0.304. The summed E-state index contributed by atoms with van der Waals surface area (Å²) in [5, 5.41) is 5.70. The fraction of sp³-hybridized carbons (Fsp3) is 1.00. The number of nitrogens with one attached hydrogen (secondary N) is 2. The fourth-order valence-corrected chi connectivity index (χ4v) is 2.05. The van der Waals surface area contributed by atoms with Crippen molar-refractivity contribution in [3.63, 3.8) is 0 Å². The Hall–Kier alpha value is 0.110. The molecule has 0 unspecified atom stereocenters. The van der Waals surface area contributed by atoms with Crippen molar-refractivity contribution in [3.05, 3.63) is 0 Å². The largest absolute Gasteiger partial charge is 0.344 e. The van der Waals surface area contributed by atoms with Crippen LogP contribution in [-0.4, -0.2) is 44.4 Å². The van der Waals surface area contributed by atoms with Crippen molar-refractivity contribution < 1.29 is 9.46 Å². The third kappa shape index (κ3) is 6.51. The van der Waals surface area contributed by atoms with Gasteiger partial charge in [0, 0.05) is 25.4 Å². The Bertz CT molecular complexity index is 129. The van der Waals surface area contributed by atoms with Crippen molar-refractivity contribution in [2.45, 2.75) is 0 Å². The second-order valence-corrected chi connectivity index (χ2v) is 5.09. The smallest absolute Gasteiger partial charge is 0.203 e. The zero-order chi connectivity index (χ0) is 8.74. The number of hydrogen-bond acceptors (Lipinski definition) is 3. The van der Waals surface area contributed by atoms with Crippen LogP contribution in [0.25, 0.3) is 0 Å². The first-order valence-corrected chi connectivity index (χ1v) is 5.75. The summed E-state index contributed by atoms with van der Waals surface area (Å²) in [4.78, 5) is 9.25. The van der Waals surface area contributed by atoms with E-state index in [-0.39, 0.29) is 0 Å². The summed E-state index contributed by atoms with van der Waals surface area (Å²) in [7, 11) is 0.701. The lowest BCUT2D eigenvalue weighted by Crippen LogP contribution is -2.17. The summed E-state index contributed by atoms with van der Waals surface area (Å²) < 4.78 is 11.2. The van der Waals surface area contributed by atoms with Gasteiger partial charge >= 0.3 is 0 Å². The van der Waals surface area contributed by atoms with E-state index in [0.29, 0.717) is 25.4 Å². The number of rotatable bonds is 6. The number of hydrogen-bond donors (Lipinski definition) is 3. The van der Waals surface area contributed by atoms with Gasteiger partial charge in [-0.15, -0.1) is 0 Å². The molecule has 0 amide bonds. The third-order valence-corrected chi connectivity index (χ3v) is 3.27. The Morgan fingerprint density at radius 3 is 1.82 bits per heavy atom. The first-order valence-electron chi connectivity index (χ1n) is 3.72. The summed E-state index contributed by atoms with van der Waals surface area (Å²) in [6.45, 7) is 1.22. The molecule has 0 bridgehead atoms. The van der Waals surface area contributed by atoms with Crippen molar-refractivity contribution >= 4 is 7.37 Å². The first kappa shape index (κ1) is 11.1. The molecule has 0 aromatic carbocycles. The summed E-state index contributed by atoms with van der Waals surface area (Å²) in [6.07, 6.45) is 0.732. The van der Waals surface area contributed by atoms with Gasteiger partial charge in [0.15, 0.2) is 0 Å². The lowest BCUT2D eigenvalue weighted by atomic mass is 10.7. The molecule has 5 heteroatoms. The predicted molar refractivity (Wildman–Crippen MR) is 47.4 cm³/mol. The van der Waals surface area contributed by atoms with Gasteiger partial charge < -0.3 is 15.5 Å². The molecule has 0 aliphatic carbocycles. The highest BCUT2D eigenvalue weighted by atomic mass is 31.2. The minimum atomic E-state index is -2.85. The highest BCUT2D eigenvalue weighted by Gasteiger charge is 2.15. The van der Waals surface area contributed by atoms with E-state index in [1.807, 2.05) is 0 Å². The maximum atomic E-state index is 11.2. The van der Waals surface area contributed by atoms with Crippen molar-refractivity contribution in [3.8, 4) is 0 Å². The molecule has 0 heterocycles. The molecular formula is C6H17N2O2P. The Morgan fingerprint density at radius 1 is 1.18 bits per heavy atom. The quantitative estimate of drug-likeness (QED) is 0.491. The van der Waals surface area contributed by atoms with Crippen LogP contribution in [0, 0.1) is 0 Å². The van der Waals surface area contributed by atoms with Gasteiger partial charge in [-0.2, -0.15) is 0 Å². The Balaban J connectivity index is 3.53. The molecule has 4 nitrogen and oxygen atoms in total. The van der Waals surface area contributed by atoms with E-state index in [4.69, 9.17) is 0 Å². The van der Waals surface area contributed by atoms with Crippen LogP contribution < -0.4 is 10.6 Å². The van der Waals surface area contributed by atoms with Gasteiger partial charge in [0.05, 0.1) is 0 Å². The van der Waals surface area contributed by atoms with Crippen LogP contribution in [0.4, 0.5) is 0 Å². The fourth-order valence-electron chi connectivity index (χ4n) is 0.685. The van der Waals surface area contributed by atoms with Crippen molar-refractivity contribution in [1.82, 2.24) is 10.6 Å². The maximum absolute atomic E-state index is 11.2. The molecule has 0 rings (SSSR count). The highest BCUT2D eigenvalue weighted by Crippen LogP contribution is 2.38. The minimum Gasteiger partial charge on any atom is -0.344 e. The van der Waals surface area contributed by atoms with E-state index in [9.17, 15) is 9.46 Å². The van der Waals surface area contributed by atoms with E-state index >= 15 is 0 Å². The van der Waals surface area contributed by atoms with E-state index in [1.165, 1.54) is 0 Å². The third-order valence-electron chi connectivity index (χ3n) is 1.42. The van der Waals surface area contributed by atoms with E-state index in [2.05, 4.69) is 10.6 Å². The molecule has 0 saturated carbocycles. The van der Waals surface area contributed by atoms with Gasteiger partial charge in [0.2, 0.25) is 7.37 Å². The molecule has 0 atom stereocenters. The van der Waals surface area contributed by atoms with Gasteiger partial charge in [-0.3, -0.25) is 4.57 Å².